The molecule has 41 heavy (non-hydrogen) atoms. The van der Waals surface area contributed by atoms with Gasteiger partial charge in [-0.05, 0) is 191 Å². The SMILES string of the molecule is C.CN1CCC1.CN1CCCC1.CN1CCCCC1.CN1CCCCC1.CN1CCCCC1.CN1CCCCCC1. The molecule has 0 aromatic carbocycles. The first-order chi connectivity index (χ1) is 19.4. The summed E-state index contributed by atoms with van der Waals surface area (Å²) in [6, 6.07) is 0. The van der Waals surface area contributed by atoms with Crippen LogP contribution < -0.4 is 0 Å². The minimum atomic E-state index is 0. The van der Waals surface area contributed by atoms with Gasteiger partial charge in [0.2, 0.25) is 0 Å². The summed E-state index contributed by atoms with van der Waals surface area (Å²) in [6.45, 7) is 15.8. The highest BCUT2D eigenvalue weighted by atomic mass is 15.1. The van der Waals surface area contributed by atoms with E-state index in [2.05, 4.69) is 71.7 Å². The molecule has 0 aromatic rings. The van der Waals surface area contributed by atoms with Crippen molar-refractivity contribution >= 4 is 0 Å². The summed E-state index contributed by atoms with van der Waals surface area (Å²) in [7, 11) is 13.1. The summed E-state index contributed by atoms with van der Waals surface area (Å²) in [4.78, 5) is 14.3. The lowest BCUT2D eigenvalue weighted by molar-refractivity contribution is 0.229. The van der Waals surface area contributed by atoms with Gasteiger partial charge in [0.15, 0.2) is 0 Å². The highest BCUT2D eigenvalue weighted by Crippen LogP contribution is 2.07. The maximum atomic E-state index is 2.42. The topological polar surface area (TPSA) is 19.4 Å². The van der Waals surface area contributed by atoms with Crippen molar-refractivity contribution in [2.45, 2.75) is 110 Å². The molecule has 0 bridgehead atoms. The van der Waals surface area contributed by atoms with E-state index >= 15 is 0 Å². The quantitative estimate of drug-likeness (QED) is 0.324. The largest absolute Gasteiger partial charge is 0.306 e. The van der Waals surface area contributed by atoms with Crippen LogP contribution in [-0.4, -0.2) is 150 Å². The standard InChI is InChI=1S/C7H15N.3C6H13N.C5H11N.C4H9N.CH4/c1-8-6-4-2-3-5-7-8;3*1-7-5-3-2-4-6-7;1-6-4-2-3-5-6;1-5-3-2-4-5;/h2-7H2,1H3;3*2-6H2,1H3;2-5H2,1H3;2-4H2,1H3;1H4. The lowest BCUT2D eigenvalue weighted by Gasteiger charge is -2.24. The second-order valence-corrected chi connectivity index (χ2v) is 13.5. The van der Waals surface area contributed by atoms with Crippen LogP contribution in [0, 0.1) is 0 Å². The van der Waals surface area contributed by atoms with Gasteiger partial charge in [-0.2, -0.15) is 0 Å². The Labute approximate surface area is 260 Å². The van der Waals surface area contributed by atoms with Gasteiger partial charge in [-0.1, -0.05) is 39.5 Å². The molecule has 0 aliphatic carbocycles. The maximum Gasteiger partial charge on any atom is -0.000959 e. The molecule has 6 fully saturated rings. The number of hydrogen-bond acceptors (Lipinski definition) is 6. The van der Waals surface area contributed by atoms with Crippen molar-refractivity contribution < 1.29 is 0 Å². The predicted octanol–water partition coefficient (Wildman–Crippen LogP) is 6.47. The second-order valence-electron chi connectivity index (χ2n) is 13.5. The molecule has 0 radical (unpaired) electrons. The van der Waals surface area contributed by atoms with Gasteiger partial charge in [0.05, 0.1) is 0 Å². The van der Waals surface area contributed by atoms with E-state index in [1.807, 2.05) is 0 Å². The molecule has 6 nitrogen and oxygen atoms in total. The Morgan fingerprint density at radius 2 is 0.317 bits per heavy atom. The molecule has 6 saturated heterocycles. The number of rotatable bonds is 0. The van der Waals surface area contributed by atoms with Crippen LogP contribution in [0.3, 0.4) is 0 Å². The van der Waals surface area contributed by atoms with E-state index < -0.39 is 0 Å². The van der Waals surface area contributed by atoms with E-state index in [0.717, 1.165) is 0 Å². The zero-order chi connectivity index (χ0) is 29.3. The summed E-state index contributed by atoms with van der Waals surface area (Å²) in [6.07, 6.45) is 22.8. The van der Waals surface area contributed by atoms with E-state index in [0.29, 0.717) is 0 Å². The van der Waals surface area contributed by atoms with Crippen molar-refractivity contribution in [1.82, 2.24) is 29.4 Å². The average Bonchev–Trinajstić information content (AvgIpc) is 3.30. The Morgan fingerprint density at radius 3 is 0.439 bits per heavy atom. The van der Waals surface area contributed by atoms with Crippen LogP contribution in [0.2, 0.25) is 0 Å². The zero-order valence-electron chi connectivity index (χ0n) is 28.5. The molecule has 0 atom stereocenters. The van der Waals surface area contributed by atoms with E-state index in [1.54, 1.807) is 0 Å². The summed E-state index contributed by atoms with van der Waals surface area (Å²) in [5.41, 5.74) is 0. The molecule has 6 heterocycles. The molecule has 6 aliphatic heterocycles. The van der Waals surface area contributed by atoms with Crippen LogP contribution in [0.1, 0.15) is 110 Å². The Bertz CT molecular complexity index is 459. The monoisotopic (exact) mass is 583 g/mol. The van der Waals surface area contributed by atoms with Gasteiger partial charge in [0.1, 0.15) is 0 Å². The molecular formula is C35H78N6. The fourth-order valence-corrected chi connectivity index (χ4v) is 5.73. The van der Waals surface area contributed by atoms with Crippen LogP contribution in [0.25, 0.3) is 0 Å². The highest BCUT2D eigenvalue weighted by molar-refractivity contribution is 4.62. The first kappa shape index (κ1) is 40.8. The summed E-state index contributed by atoms with van der Waals surface area (Å²) in [5, 5.41) is 0. The van der Waals surface area contributed by atoms with Gasteiger partial charge in [0.25, 0.3) is 0 Å². The van der Waals surface area contributed by atoms with Crippen LogP contribution in [0.15, 0.2) is 0 Å². The van der Waals surface area contributed by atoms with Crippen molar-refractivity contribution in [3.63, 3.8) is 0 Å². The molecule has 6 heteroatoms. The fraction of sp³-hybridized carbons (Fsp3) is 1.00. The van der Waals surface area contributed by atoms with Gasteiger partial charge in [-0.3, -0.25) is 0 Å². The van der Waals surface area contributed by atoms with Gasteiger partial charge in [-0.15, -0.1) is 0 Å². The smallest absolute Gasteiger partial charge is 0.000959 e. The minimum absolute atomic E-state index is 0. The zero-order valence-corrected chi connectivity index (χ0v) is 28.5. The third-order valence-electron chi connectivity index (χ3n) is 8.98. The fourth-order valence-electron chi connectivity index (χ4n) is 5.73. The van der Waals surface area contributed by atoms with E-state index in [1.165, 1.54) is 181 Å². The van der Waals surface area contributed by atoms with Crippen molar-refractivity contribution in [3.05, 3.63) is 0 Å². The third kappa shape index (κ3) is 27.1. The first-order valence-electron chi connectivity index (χ1n) is 17.5. The van der Waals surface area contributed by atoms with Gasteiger partial charge >= 0.3 is 0 Å². The molecule has 0 spiro atoms. The Balaban J connectivity index is 0.000000468. The number of likely N-dealkylation sites (tertiary alicyclic amines) is 6. The predicted molar refractivity (Wildman–Crippen MR) is 186 cm³/mol. The number of hydrogen-bond donors (Lipinski definition) is 0. The van der Waals surface area contributed by atoms with Crippen molar-refractivity contribution in [3.8, 4) is 0 Å². The van der Waals surface area contributed by atoms with Gasteiger partial charge < -0.3 is 29.4 Å². The van der Waals surface area contributed by atoms with Gasteiger partial charge in [0, 0.05) is 0 Å². The normalized spacial score (nSPS) is 24.7. The summed E-state index contributed by atoms with van der Waals surface area (Å²) < 4.78 is 0. The van der Waals surface area contributed by atoms with Crippen LogP contribution in [0.5, 0.6) is 0 Å². The van der Waals surface area contributed by atoms with Crippen LogP contribution in [0.4, 0.5) is 0 Å². The second kappa shape index (κ2) is 28.5. The lowest BCUT2D eigenvalue weighted by Crippen LogP contribution is -2.32. The van der Waals surface area contributed by atoms with Crippen LogP contribution >= 0.6 is 0 Å². The summed E-state index contributed by atoms with van der Waals surface area (Å²) >= 11 is 0. The van der Waals surface area contributed by atoms with Crippen molar-refractivity contribution in [1.29, 1.82) is 0 Å². The number of piperidine rings is 3. The molecule has 0 aromatic heterocycles. The molecular weight excluding hydrogens is 504 g/mol. The highest BCUT2D eigenvalue weighted by Gasteiger charge is 2.06. The maximum absolute atomic E-state index is 2.42. The first-order valence-corrected chi connectivity index (χ1v) is 17.5. The molecule has 6 rings (SSSR count). The molecule has 0 amide bonds. The number of nitrogens with zero attached hydrogens (tertiary/aromatic N) is 6. The van der Waals surface area contributed by atoms with Gasteiger partial charge in [-0.25, -0.2) is 0 Å². The molecule has 248 valence electrons. The minimum Gasteiger partial charge on any atom is -0.306 e. The molecule has 0 unspecified atom stereocenters. The average molecular weight is 583 g/mol. The van der Waals surface area contributed by atoms with E-state index in [4.69, 9.17) is 0 Å². The Morgan fingerprint density at radius 1 is 0.195 bits per heavy atom. The van der Waals surface area contributed by atoms with Crippen molar-refractivity contribution in [2.24, 2.45) is 0 Å². The van der Waals surface area contributed by atoms with Crippen LogP contribution in [-0.2, 0) is 0 Å². The van der Waals surface area contributed by atoms with Crippen molar-refractivity contribution in [2.75, 3.05) is 121 Å². The molecule has 6 aliphatic rings. The van der Waals surface area contributed by atoms with E-state index in [9.17, 15) is 0 Å². The lowest BCUT2D eigenvalue weighted by atomic mass is 10.1. The third-order valence-corrected chi connectivity index (χ3v) is 8.98. The Kier molecular flexibility index (Phi) is 28.4. The van der Waals surface area contributed by atoms with E-state index in [-0.39, 0.29) is 7.43 Å². The molecule has 0 N–H and O–H groups in total. The Hall–Kier alpha value is -0.240. The summed E-state index contributed by atoms with van der Waals surface area (Å²) in [5.74, 6) is 0. The molecule has 0 saturated carbocycles.